The molecular weight excluding hydrogens is 257 g/mol. The number of carbonyl (C=O) groups excluding carboxylic acids is 1. The highest BCUT2D eigenvalue weighted by molar-refractivity contribution is 7.99. The zero-order valence-electron chi connectivity index (χ0n) is 9.51. The van der Waals surface area contributed by atoms with Gasteiger partial charge in [-0.25, -0.2) is 9.18 Å². The number of halogens is 1. The first-order valence-electron chi connectivity index (χ1n) is 5.43. The fourth-order valence-corrected chi connectivity index (χ4v) is 2.97. The fraction of sp³-hybridized carbons (Fsp3) is 0.333. The molecule has 1 atom stereocenters. The van der Waals surface area contributed by atoms with Crippen molar-refractivity contribution in [2.45, 2.75) is 12.5 Å². The van der Waals surface area contributed by atoms with Gasteiger partial charge in [0.05, 0.1) is 12.3 Å². The number of amides is 1. The van der Waals surface area contributed by atoms with E-state index in [1.54, 1.807) is 12.1 Å². The molecule has 2 rings (SSSR count). The second-order valence-corrected chi connectivity index (χ2v) is 4.99. The Morgan fingerprint density at radius 1 is 1.44 bits per heavy atom. The second kappa shape index (κ2) is 5.39. The van der Waals surface area contributed by atoms with Crippen molar-refractivity contribution in [2.75, 3.05) is 11.6 Å². The summed E-state index contributed by atoms with van der Waals surface area (Å²) in [6, 6.07) is 5.23. The molecule has 18 heavy (non-hydrogen) atoms. The lowest BCUT2D eigenvalue weighted by Gasteiger charge is -2.20. The van der Waals surface area contributed by atoms with Crippen LogP contribution in [-0.4, -0.2) is 39.6 Å². The molecule has 1 N–H and O–H groups in total. The average Bonchev–Trinajstić information content (AvgIpc) is 2.81. The summed E-state index contributed by atoms with van der Waals surface area (Å²) in [6.45, 7) is 0. The lowest BCUT2D eigenvalue weighted by molar-refractivity contribution is -0.147. The predicted octanol–water partition coefficient (Wildman–Crippen LogP) is 1.35. The standard InChI is InChI=1S/C12H12FNO3S/c13-9-4-2-1-3-8(9)5-11(15)14-7-18-6-10(14)12(16)17/h1-4,10H,5-7H2,(H,16,17)/t10-/m0/s1. The van der Waals surface area contributed by atoms with Crippen LogP contribution in [0.4, 0.5) is 4.39 Å². The molecule has 0 aliphatic carbocycles. The number of aliphatic carboxylic acids is 1. The fourth-order valence-electron chi connectivity index (χ4n) is 1.80. The van der Waals surface area contributed by atoms with Crippen LogP contribution in [0.3, 0.4) is 0 Å². The average molecular weight is 269 g/mol. The van der Waals surface area contributed by atoms with Gasteiger partial charge in [0, 0.05) is 5.75 Å². The first-order valence-corrected chi connectivity index (χ1v) is 6.58. The minimum absolute atomic E-state index is 0.100. The van der Waals surface area contributed by atoms with E-state index in [1.807, 2.05) is 0 Å². The van der Waals surface area contributed by atoms with Crippen LogP contribution >= 0.6 is 11.8 Å². The van der Waals surface area contributed by atoms with Gasteiger partial charge in [0.1, 0.15) is 11.9 Å². The molecule has 0 bridgehead atoms. The van der Waals surface area contributed by atoms with Crippen LogP contribution in [0.5, 0.6) is 0 Å². The van der Waals surface area contributed by atoms with E-state index in [0.717, 1.165) is 0 Å². The van der Waals surface area contributed by atoms with Gasteiger partial charge >= 0.3 is 5.97 Å². The first kappa shape index (κ1) is 12.9. The van der Waals surface area contributed by atoms with E-state index in [4.69, 9.17) is 5.11 Å². The molecule has 1 heterocycles. The van der Waals surface area contributed by atoms with Crippen molar-refractivity contribution in [2.24, 2.45) is 0 Å². The van der Waals surface area contributed by atoms with Crippen molar-refractivity contribution in [1.29, 1.82) is 0 Å². The van der Waals surface area contributed by atoms with Gasteiger partial charge in [0.25, 0.3) is 0 Å². The molecule has 0 radical (unpaired) electrons. The van der Waals surface area contributed by atoms with Gasteiger partial charge < -0.3 is 10.0 Å². The number of benzene rings is 1. The molecule has 1 saturated heterocycles. The summed E-state index contributed by atoms with van der Waals surface area (Å²) < 4.78 is 13.4. The number of thioether (sulfide) groups is 1. The van der Waals surface area contributed by atoms with Gasteiger partial charge in [-0.3, -0.25) is 4.79 Å². The van der Waals surface area contributed by atoms with E-state index in [2.05, 4.69) is 0 Å². The molecule has 6 heteroatoms. The van der Waals surface area contributed by atoms with E-state index in [1.165, 1.54) is 28.8 Å². The first-order chi connectivity index (χ1) is 8.59. The molecule has 4 nitrogen and oxygen atoms in total. The number of carbonyl (C=O) groups is 2. The normalized spacial score (nSPS) is 18.9. The number of hydrogen-bond acceptors (Lipinski definition) is 3. The number of rotatable bonds is 3. The van der Waals surface area contributed by atoms with Gasteiger partial charge in [-0.1, -0.05) is 18.2 Å². The van der Waals surface area contributed by atoms with E-state index < -0.39 is 17.8 Å². The minimum atomic E-state index is -1.01. The molecular formula is C12H12FNO3S. The van der Waals surface area contributed by atoms with Crippen LogP contribution in [0.25, 0.3) is 0 Å². The Balaban J connectivity index is 2.08. The van der Waals surface area contributed by atoms with Crippen LogP contribution in [0, 0.1) is 5.82 Å². The maximum absolute atomic E-state index is 13.4. The summed E-state index contributed by atoms with van der Waals surface area (Å²) in [6.07, 6.45) is -0.100. The third kappa shape index (κ3) is 2.64. The number of hydrogen-bond donors (Lipinski definition) is 1. The monoisotopic (exact) mass is 269 g/mol. The molecule has 1 aromatic rings. The number of carboxylic acids is 1. The van der Waals surface area contributed by atoms with E-state index in [-0.39, 0.29) is 12.3 Å². The Morgan fingerprint density at radius 2 is 2.17 bits per heavy atom. The van der Waals surface area contributed by atoms with Crippen LogP contribution in [0.2, 0.25) is 0 Å². The Hall–Kier alpha value is -1.56. The van der Waals surface area contributed by atoms with Crippen molar-refractivity contribution in [3.63, 3.8) is 0 Å². The van der Waals surface area contributed by atoms with Gasteiger partial charge in [-0.15, -0.1) is 11.8 Å². The Morgan fingerprint density at radius 3 is 2.83 bits per heavy atom. The van der Waals surface area contributed by atoms with Crippen LogP contribution < -0.4 is 0 Å². The number of nitrogens with zero attached hydrogens (tertiary/aromatic N) is 1. The summed E-state index contributed by atoms with van der Waals surface area (Å²) >= 11 is 1.39. The van der Waals surface area contributed by atoms with Gasteiger partial charge in [0.2, 0.25) is 5.91 Å². The molecule has 1 aliphatic rings. The van der Waals surface area contributed by atoms with Crippen molar-refractivity contribution in [3.8, 4) is 0 Å². The van der Waals surface area contributed by atoms with Crippen molar-refractivity contribution < 1.29 is 19.1 Å². The van der Waals surface area contributed by atoms with E-state index >= 15 is 0 Å². The summed E-state index contributed by atoms with van der Waals surface area (Å²) in [7, 11) is 0. The van der Waals surface area contributed by atoms with Crippen molar-refractivity contribution in [3.05, 3.63) is 35.6 Å². The Kier molecular flexibility index (Phi) is 3.86. The maximum Gasteiger partial charge on any atom is 0.327 e. The summed E-state index contributed by atoms with van der Waals surface area (Å²) in [5.41, 5.74) is 0.295. The van der Waals surface area contributed by atoms with Crippen LogP contribution in [0.1, 0.15) is 5.56 Å². The summed E-state index contributed by atoms with van der Waals surface area (Å²) in [5, 5.41) is 8.97. The van der Waals surface area contributed by atoms with Crippen molar-refractivity contribution in [1.82, 2.24) is 4.90 Å². The highest BCUT2D eigenvalue weighted by Gasteiger charge is 2.34. The molecule has 1 aliphatic heterocycles. The predicted molar refractivity (Wildman–Crippen MR) is 65.7 cm³/mol. The largest absolute Gasteiger partial charge is 0.480 e. The lowest BCUT2D eigenvalue weighted by atomic mass is 10.1. The zero-order valence-corrected chi connectivity index (χ0v) is 10.3. The third-order valence-corrected chi connectivity index (χ3v) is 3.80. The van der Waals surface area contributed by atoms with Crippen LogP contribution in [0.15, 0.2) is 24.3 Å². The molecule has 1 aromatic carbocycles. The molecule has 0 spiro atoms. The number of carboxylic acid groups (broad SMARTS) is 1. The van der Waals surface area contributed by atoms with Gasteiger partial charge in [-0.05, 0) is 11.6 Å². The van der Waals surface area contributed by atoms with Gasteiger partial charge in [-0.2, -0.15) is 0 Å². The zero-order chi connectivity index (χ0) is 13.1. The second-order valence-electron chi connectivity index (χ2n) is 3.99. The Bertz CT molecular complexity index is 480. The molecule has 0 saturated carbocycles. The topological polar surface area (TPSA) is 57.6 Å². The highest BCUT2D eigenvalue weighted by atomic mass is 32.2. The smallest absolute Gasteiger partial charge is 0.327 e. The molecule has 0 unspecified atom stereocenters. The van der Waals surface area contributed by atoms with Crippen molar-refractivity contribution >= 4 is 23.6 Å². The van der Waals surface area contributed by atoms with E-state index in [9.17, 15) is 14.0 Å². The summed E-state index contributed by atoms with van der Waals surface area (Å²) in [4.78, 5) is 24.2. The highest BCUT2D eigenvalue weighted by Crippen LogP contribution is 2.22. The SMILES string of the molecule is O=C(O)[C@@H]1CSCN1C(=O)Cc1ccccc1F. The maximum atomic E-state index is 13.4. The van der Waals surface area contributed by atoms with Crippen LogP contribution in [-0.2, 0) is 16.0 Å². The third-order valence-electron chi connectivity index (χ3n) is 2.79. The van der Waals surface area contributed by atoms with Gasteiger partial charge in [0.15, 0.2) is 0 Å². The molecule has 1 amide bonds. The molecule has 0 aromatic heterocycles. The van der Waals surface area contributed by atoms with E-state index in [0.29, 0.717) is 17.2 Å². The summed E-state index contributed by atoms with van der Waals surface area (Å²) in [5.74, 6) is -1.06. The molecule has 96 valence electrons. The quantitative estimate of drug-likeness (QED) is 0.900. The minimum Gasteiger partial charge on any atom is -0.480 e. The lowest BCUT2D eigenvalue weighted by Crippen LogP contribution is -2.42. The molecule has 1 fully saturated rings. The Labute approximate surface area is 108 Å².